The Morgan fingerprint density at radius 1 is 1.69 bits per heavy atom. The molecule has 0 bridgehead atoms. The van der Waals surface area contributed by atoms with E-state index in [-0.39, 0.29) is 24.6 Å². The number of hydrogen-bond donors (Lipinski definition) is 0. The average Bonchev–Trinajstić information content (AvgIpc) is 2.09. The molecule has 0 saturated carbocycles. The number of hydrogen-bond acceptors (Lipinski definition) is 4. The first-order valence-electron chi connectivity index (χ1n) is 4.57. The molecule has 4 nitrogen and oxygen atoms in total. The highest BCUT2D eigenvalue weighted by Crippen LogP contribution is 2.11. The van der Waals surface area contributed by atoms with Crippen molar-refractivity contribution in [1.29, 1.82) is 0 Å². The summed E-state index contributed by atoms with van der Waals surface area (Å²) in [6.07, 6.45) is 1.94. The van der Waals surface area contributed by atoms with Gasteiger partial charge in [0.15, 0.2) is 0 Å². The van der Waals surface area contributed by atoms with Gasteiger partial charge in [0.25, 0.3) is 0 Å². The van der Waals surface area contributed by atoms with Gasteiger partial charge in [-0.05, 0) is 12.8 Å². The molecule has 1 saturated heterocycles. The summed E-state index contributed by atoms with van der Waals surface area (Å²) in [5.41, 5.74) is 0. The van der Waals surface area contributed by atoms with E-state index in [1.54, 1.807) is 0 Å². The van der Waals surface area contributed by atoms with E-state index < -0.39 is 0 Å². The Balaban J connectivity index is 2.22. The summed E-state index contributed by atoms with van der Waals surface area (Å²) >= 11 is 0. The van der Waals surface area contributed by atoms with Crippen LogP contribution in [-0.2, 0) is 19.1 Å². The molecule has 13 heavy (non-hydrogen) atoms. The predicted molar refractivity (Wildman–Crippen MR) is 45.0 cm³/mol. The van der Waals surface area contributed by atoms with Gasteiger partial charge in [0.05, 0.1) is 0 Å². The second kappa shape index (κ2) is 4.84. The van der Waals surface area contributed by atoms with Gasteiger partial charge >= 0.3 is 11.9 Å². The minimum Gasteiger partial charge on any atom is -0.462 e. The van der Waals surface area contributed by atoms with Crippen LogP contribution in [0.3, 0.4) is 0 Å². The number of ether oxygens (including phenoxy) is 2. The van der Waals surface area contributed by atoms with Crippen LogP contribution in [0.15, 0.2) is 0 Å². The molecule has 1 heterocycles. The van der Waals surface area contributed by atoms with Gasteiger partial charge in [-0.2, -0.15) is 0 Å². The highest BCUT2D eigenvalue weighted by molar-refractivity contribution is 5.71. The number of rotatable bonds is 3. The lowest BCUT2D eigenvalue weighted by atomic mass is 10.1. The molecule has 0 radical (unpaired) electrons. The molecule has 1 atom stereocenters. The first-order chi connectivity index (χ1) is 6.22. The van der Waals surface area contributed by atoms with Gasteiger partial charge in [0.2, 0.25) is 0 Å². The van der Waals surface area contributed by atoms with Gasteiger partial charge < -0.3 is 9.47 Å². The Morgan fingerprint density at radius 3 is 3.00 bits per heavy atom. The maximum absolute atomic E-state index is 11.0. The van der Waals surface area contributed by atoms with Crippen molar-refractivity contribution >= 4 is 11.9 Å². The van der Waals surface area contributed by atoms with Gasteiger partial charge in [0.1, 0.15) is 12.7 Å². The Hall–Kier alpha value is -1.06. The molecule has 74 valence electrons. The van der Waals surface area contributed by atoms with Gasteiger partial charge in [-0.3, -0.25) is 9.59 Å². The molecule has 0 aromatic carbocycles. The Labute approximate surface area is 77.2 Å². The molecular weight excluding hydrogens is 172 g/mol. The average molecular weight is 186 g/mol. The molecule has 0 spiro atoms. The van der Waals surface area contributed by atoms with E-state index in [1.165, 1.54) is 0 Å². The van der Waals surface area contributed by atoms with Crippen LogP contribution in [0.5, 0.6) is 0 Å². The molecule has 4 heteroatoms. The molecule has 1 fully saturated rings. The number of carbonyl (C=O) groups is 2. The van der Waals surface area contributed by atoms with Crippen LogP contribution < -0.4 is 0 Å². The summed E-state index contributed by atoms with van der Waals surface area (Å²) in [5.74, 6) is -0.409. The van der Waals surface area contributed by atoms with Crippen LogP contribution in [0.2, 0.25) is 0 Å². The third-order valence-electron chi connectivity index (χ3n) is 1.85. The Kier molecular flexibility index (Phi) is 3.73. The predicted octanol–water partition coefficient (Wildman–Crippen LogP) is 1.04. The monoisotopic (exact) mass is 186 g/mol. The van der Waals surface area contributed by atoms with E-state index in [9.17, 15) is 9.59 Å². The van der Waals surface area contributed by atoms with Gasteiger partial charge in [-0.1, -0.05) is 6.92 Å². The highest BCUT2D eigenvalue weighted by atomic mass is 16.6. The SMILES string of the molecule is CCCC(=O)OC1CCC(=O)OC1. The highest BCUT2D eigenvalue weighted by Gasteiger charge is 2.22. The summed E-state index contributed by atoms with van der Waals surface area (Å²) in [6, 6.07) is 0. The molecule has 0 amide bonds. The second-order valence-corrected chi connectivity index (χ2v) is 3.08. The minimum atomic E-state index is -0.225. The maximum Gasteiger partial charge on any atom is 0.306 e. The molecule has 1 rings (SSSR count). The standard InChI is InChI=1S/C9H14O4/c1-2-3-9(11)13-7-4-5-8(10)12-6-7/h7H,2-6H2,1H3. The number of cyclic esters (lactones) is 1. The maximum atomic E-state index is 11.0. The minimum absolute atomic E-state index is 0.203. The zero-order valence-corrected chi connectivity index (χ0v) is 7.75. The fraction of sp³-hybridized carbons (Fsp3) is 0.778. The molecule has 1 aliphatic rings. The van der Waals surface area contributed by atoms with Gasteiger partial charge in [-0.25, -0.2) is 0 Å². The van der Waals surface area contributed by atoms with Crippen LogP contribution in [0.25, 0.3) is 0 Å². The van der Waals surface area contributed by atoms with E-state index in [2.05, 4.69) is 0 Å². The molecule has 1 unspecified atom stereocenters. The lowest BCUT2D eigenvalue weighted by molar-refractivity contribution is -0.166. The van der Waals surface area contributed by atoms with Crippen LogP contribution in [0.4, 0.5) is 0 Å². The van der Waals surface area contributed by atoms with Crippen LogP contribution in [0.1, 0.15) is 32.6 Å². The Bertz CT molecular complexity index is 190. The summed E-state index contributed by atoms with van der Waals surface area (Å²) in [5, 5.41) is 0. The zero-order chi connectivity index (χ0) is 9.68. The van der Waals surface area contributed by atoms with Crippen LogP contribution in [0, 0.1) is 0 Å². The lowest BCUT2D eigenvalue weighted by Gasteiger charge is -2.21. The van der Waals surface area contributed by atoms with Crippen molar-refractivity contribution in [2.24, 2.45) is 0 Å². The number of carbonyl (C=O) groups excluding carboxylic acids is 2. The van der Waals surface area contributed by atoms with Crippen LogP contribution in [-0.4, -0.2) is 24.6 Å². The van der Waals surface area contributed by atoms with Crippen molar-refractivity contribution in [3.63, 3.8) is 0 Å². The summed E-state index contributed by atoms with van der Waals surface area (Å²) in [7, 11) is 0. The molecule has 0 aliphatic carbocycles. The first kappa shape index (κ1) is 10.0. The third kappa shape index (κ3) is 3.44. The Morgan fingerprint density at radius 2 is 2.46 bits per heavy atom. The van der Waals surface area contributed by atoms with Crippen molar-refractivity contribution in [2.45, 2.75) is 38.7 Å². The zero-order valence-electron chi connectivity index (χ0n) is 7.75. The fourth-order valence-electron chi connectivity index (χ4n) is 1.16. The fourth-order valence-corrected chi connectivity index (χ4v) is 1.16. The normalized spacial score (nSPS) is 22.2. The third-order valence-corrected chi connectivity index (χ3v) is 1.85. The molecular formula is C9H14O4. The van der Waals surface area contributed by atoms with Crippen LogP contribution >= 0.6 is 0 Å². The van der Waals surface area contributed by atoms with Gasteiger partial charge in [0, 0.05) is 12.8 Å². The van der Waals surface area contributed by atoms with Gasteiger partial charge in [-0.15, -0.1) is 0 Å². The second-order valence-electron chi connectivity index (χ2n) is 3.08. The van der Waals surface area contributed by atoms with E-state index in [4.69, 9.17) is 9.47 Å². The number of esters is 2. The largest absolute Gasteiger partial charge is 0.462 e. The van der Waals surface area contributed by atoms with E-state index >= 15 is 0 Å². The van der Waals surface area contributed by atoms with E-state index in [0.29, 0.717) is 19.3 Å². The van der Waals surface area contributed by atoms with Crippen molar-refractivity contribution < 1.29 is 19.1 Å². The van der Waals surface area contributed by atoms with Crippen molar-refractivity contribution in [3.8, 4) is 0 Å². The van der Waals surface area contributed by atoms with E-state index in [1.807, 2.05) is 6.92 Å². The molecule has 0 aromatic heterocycles. The topological polar surface area (TPSA) is 52.6 Å². The quantitative estimate of drug-likeness (QED) is 0.618. The molecule has 1 aliphatic heterocycles. The molecule has 0 aromatic rings. The van der Waals surface area contributed by atoms with E-state index in [0.717, 1.165) is 6.42 Å². The lowest BCUT2D eigenvalue weighted by Crippen LogP contribution is -2.30. The summed E-state index contributed by atoms with van der Waals surface area (Å²) in [4.78, 5) is 21.7. The smallest absolute Gasteiger partial charge is 0.306 e. The van der Waals surface area contributed by atoms with Crippen molar-refractivity contribution in [3.05, 3.63) is 0 Å². The van der Waals surface area contributed by atoms with Crippen molar-refractivity contribution in [1.82, 2.24) is 0 Å². The summed E-state index contributed by atoms with van der Waals surface area (Å²) in [6.45, 7) is 2.14. The first-order valence-corrected chi connectivity index (χ1v) is 4.57. The molecule has 0 N–H and O–H groups in total. The van der Waals surface area contributed by atoms with Crippen molar-refractivity contribution in [2.75, 3.05) is 6.61 Å². The summed E-state index contributed by atoms with van der Waals surface area (Å²) < 4.78 is 9.82.